The first-order valence-electron chi connectivity index (χ1n) is 8.27. The van der Waals surface area contributed by atoms with E-state index in [9.17, 15) is 13.6 Å². The van der Waals surface area contributed by atoms with E-state index in [0.717, 1.165) is 0 Å². The zero-order valence-corrected chi connectivity index (χ0v) is 14.5. The number of anilines is 1. The van der Waals surface area contributed by atoms with Gasteiger partial charge in [0, 0.05) is 29.3 Å². The number of nitrogens with one attached hydrogen (secondary N) is 2. The Morgan fingerprint density at radius 3 is 2.96 bits per heavy atom. The third kappa shape index (κ3) is 2.64. The molecule has 1 aromatic carbocycles. The maximum absolute atomic E-state index is 14.2. The first-order chi connectivity index (χ1) is 13.0. The molecule has 0 unspecified atom stereocenters. The molecule has 1 amide bonds. The molecular formula is C18H12ClF2N5O. The van der Waals surface area contributed by atoms with Crippen molar-refractivity contribution >= 4 is 39.7 Å². The Balaban J connectivity index is 1.56. The van der Waals surface area contributed by atoms with Crippen molar-refractivity contribution in [2.24, 2.45) is 5.92 Å². The summed E-state index contributed by atoms with van der Waals surface area (Å²) in [5.74, 6) is -1.18. The number of halogens is 3. The number of amides is 1. The number of alkyl halides is 1. The van der Waals surface area contributed by atoms with Gasteiger partial charge in [-0.15, -0.1) is 0 Å². The fraction of sp³-hybridized carbons (Fsp3) is 0.167. The molecule has 1 fully saturated rings. The molecule has 0 spiro atoms. The van der Waals surface area contributed by atoms with Gasteiger partial charge in [0.1, 0.15) is 12.0 Å². The van der Waals surface area contributed by atoms with Gasteiger partial charge in [0.05, 0.1) is 28.2 Å². The number of hydrogen-bond donors (Lipinski definition) is 2. The number of aromatic nitrogens is 4. The predicted molar refractivity (Wildman–Crippen MR) is 96.9 cm³/mol. The van der Waals surface area contributed by atoms with Gasteiger partial charge in [0.25, 0.3) is 0 Å². The highest BCUT2D eigenvalue weighted by molar-refractivity contribution is 6.35. The van der Waals surface area contributed by atoms with Crippen molar-refractivity contribution in [3.05, 3.63) is 47.5 Å². The molecule has 0 bridgehead atoms. The van der Waals surface area contributed by atoms with E-state index in [4.69, 9.17) is 11.6 Å². The molecule has 136 valence electrons. The summed E-state index contributed by atoms with van der Waals surface area (Å²) in [7, 11) is 0. The molecule has 0 aliphatic heterocycles. The van der Waals surface area contributed by atoms with E-state index >= 15 is 0 Å². The number of hydrogen-bond acceptors (Lipinski definition) is 3. The number of carbonyl (C=O) groups excluding carboxylic acids is 1. The molecular weight excluding hydrogens is 376 g/mol. The van der Waals surface area contributed by atoms with Crippen molar-refractivity contribution in [3.8, 4) is 11.1 Å². The van der Waals surface area contributed by atoms with E-state index in [1.807, 2.05) is 0 Å². The Hall–Kier alpha value is -3.00. The van der Waals surface area contributed by atoms with Gasteiger partial charge in [-0.05, 0) is 24.1 Å². The van der Waals surface area contributed by atoms with E-state index in [1.54, 1.807) is 35.1 Å². The molecule has 4 aromatic rings. The molecule has 6 nitrogen and oxygen atoms in total. The van der Waals surface area contributed by atoms with Crippen molar-refractivity contribution in [1.82, 2.24) is 19.8 Å². The van der Waals surface area contributed by atoms with Crippen molar-refractivity contribution < 1.29 is 13.6 Å². The quantitative estimate of drug-likeness (QED) is 0.558. The predicted octanol–water partition coefficient (Wildman–Crippen LogP) is 3.97. The average molecular weight is 388 g/mol. The molecule has 2 atom stereocenters. The van der Waals surface area contributed by atoms with Crippen molar-refractivity contribution in [2.45, 2.75) is 12.6 Å². The summed E-state index contributed by atoms with van der Waals surface area (Å²) in [5, 5.41) is 14.3. The zero-order chi connectivity index (χ0) is 18.7. The largest absolute Gasteiger partial charge is 0.309 e. The number of carbonyl (C=O) groups is 1. The van der Waals surface area contributed by atoms with E-state index in [-0.39, 0.29) is 17.4 Å². The first kappa shape index (κ1) is 16.2. The molecule has 5 rings (SSSR count). The van der Waals surface area contributed by atoms with Crippen LogP contribution < -0.4 is 5.32 Å². The molecule has 3 heterocycles. The summed E-state index contributed by atoms with van der Waals surface area (Å²) in [4.78, 5) is 11.9. The number of pyridine rings is 1. The molecule has 0 radical (unpaired) electrons. The van der Waals surface area contributed by atoms with Gasteiger partial charge in [-0.1, -0.05) is 11.6 Å². The molecule has 9 heteroatoms. The summed E-state index contributed by atoms with van der Waals surface area (Å²) in [6, 6.07) is 6.49. The van der Waals surface area contributed by atoms with Crippen molar-refractivity contribution in [3.63, 3.8) is 0 Å². The lowest BCUT2D eigenvalue weighted by Crippen LogP contribution is -2.15. The van der Waals surface area contributed by atoms with Crippen LogP contribution >= 0.6 is 11.6 Å². The van der Waals surface area contributed by atoms with Gasteiger partial charge in [-0.25, -0.2) is 13.3 Å². The summed E-state index contributed by atoms with van der Waals surface area (Å²) >= 11 is 6.21. The first-order valence-corrected chi connectivity index (χ1v) is 8.65. The van der Waals surface area contributed by atoms with Crippen LogP contribution in [0.1, 0.15) is 6.42 Å². The second kappa shape index (κ2) is 5.75. The van der Waals surface area contributed by atoms with E-state index in [1.165, 1.54) is 6.07 Å². The molecule has 3 aromatic heterocycles. The van der Waals surface area contributed by atoms with Crippen LogP contribution in [0.2, 0.25) is 5.02 Å². The van der Waals surface area contributed by atoms with Crippen LogP contribution in [0.15, 0.2) is 36.7 Å². The van der Waals surface area contributed by atoms with Crippen LogP contribution in [-0.4, -0.2) is 31.9 Å². The van der Waals surface area contributed by atoms with Gasteiger partial charge >= 0.3 is 0 Å². The lowest BCUT2D eigenvalue weighted by Gasteiger charge is -2.08. The molecule has 1 aliphatic rings. The third-order valence-electron chi connectivity index (χ3n) is 4.69. The molecule has 1 saturated carbocycles. The second-order valence-corrected chi connectivity index (χ2v) is 6.92. The Kier molecular flexibility index (Phi) is 3.45. The van der Waals surface area contributed by atoms with Crippen LogP contribution in [0.5, 0.6) is 0 Å². The SMILES string of the molecule is O=C(Nc1cc2cc(-c3c(Cl)c(F)cc4[nH]ncc34)ccn2n1)[C@@H]1C[C@@H]1F. The highest BCUT2D eigenvalue weighted by atomic mass is 35.5. The van der Waals surface area contributed by atoms with E-state index in [0.29, 0.717) is 33.4 Å². The topological polar surface area (TPSA) is 75.1 Å². The third-order valence-corrected chi connectivity index (χ3v) is 5.06. The van der Waals surface area contributed by atoms with Crippen molar-refractivity contribution in [1.29, 1.82) is 0 Å². The van der Waals surface area contributed by atoms with Gasteiger partial charge in [-0.2, -0.15) is 10.2 Å². The summed E-state index contributed by atoms with van der Waals surface area (Å²) in [6.45, 7) is 0. The maximum atomic E-state index is 14.2. The fourth-order valence-corrected chi connectivity index (χ4v) is 3.45. The standard InChI is InChI=1S/C18H12ClF2N5O/c19-17-13(21)6-14-11(7-22-24-14)16(17)8-1-2-26-9(3-8)4-15(25-26)23-18(27)10-5-12(10)20/h1-4,6-7,10,12H,5H2,(H,22,24)(H,23,25,27)/t10-,12+/m1/s1. The van der Waals surface area contributed by atoms with Crippen LogP contribution in [0.25, 0.3) is 27.5 Å². The zero-order valence-electron chi connectivity index (χ0n) is 13.7. The normalized spacial score (nSPS) is 18.9. The van der Waals surface area contributed by atoms with Crippen LogP contribution in [0, 0.1) is 11.7 Å². The van der Waals surface area contributed by atoms with Gasteiger partial charge in [-0.3, -0.25) is 9.89 Å². The highest BCUT2D eigenvalue weighted by Gasteiger charge is 2.43. The minimum Gasteiger partial charge on any atom is -0.309 e. The monoisotopic (exact) mass is 387 g/mol. The summed E-state index contributed by atoms with van der Waals surface area (Å²) in [6.07, 6.45) is 2.46. The Bertz CT molecular complexity index is 1220. The molecule has 0 saturated heterocycles. The van der Waals surface area contributed by atoms with E-state index < -0.39 is 17.9 Å². The van der Waals surface area contributed by atoms with Gasteiger partial charge < -0.3 is 5.32 Å². The lowest BCUT2D eigenvalue weighted by molar-refractivity contribution is -0.117. The summed E-state index contributed by atoms with van der Waals surface area (Å²) < 4.78 is 28.7. The van der Waals surface area contributed by atoms with Crippen LogP contribution in [-0.2, 0) is 4.79 Å². The minimum atomic E-state index is -1.07. The number of benzene rings is 1. The smallest absolute Gasteiger partial charge is 0.231 e. The fourth-order valence-electron chi connectivity index (χ4n) is 3.18. The number of H-pyrrole nitrogens is 1. The number of fused-ring (bicyclic) bond motifs is 2. The number of aromatic amines is 1. The highest BCUT2D eigenvalue weighted by Crippen LogP contribution is 2.37. The van der Waals surface area contributed by atoms with E-state index in [2.05, 4.69) is 20.6 Å². The molecule has 2 N–H and O–H groups in total. The second-order valence-electron chi connectivity index (χ2n) is 6.54. The average Bonchev–Trinajstić information content (AvgIpc) is 3.02. The van der Waals surface area contributed by atoms with Gasteiger partial charge in [0.15, 0.2) is 5.82 Å². The Morgan fingerprint density at radius 1 is 1.37 bits per heavy atom. The van der Waals surface area contributed by atoms with Crippen molar-refractivity contribution in [2.75, 3.05) is 5.32 Å². The maximum Gasteiger partial charge on any atom is 0.231 e. The molecule has 27 heavy (non-hydrogen) atoms. The summed E-state index contributed by atoms with van der Waals surface area (Å²) in [5.41, 5.74) is 2.42. The lowest BCUT2D eigenvalue weighted by atomic mass is 10.0. The Morgan fingerprint density at radius 2 is 2.19 bits per heavy atom. The number of nitrogens with zero attached hydrogens (tertiary/aromatic N) is 3. The van der Waals surface area contributed by atoms with Crippen LogP contribution in [0.4, 0.5) is 14.6 Å². The van der Waals surface area contributed by atoms with Gasteiger partial charge in [0.2, 0.25) is 5.91 Å². The number of rotatable bonds is 3. The molecule has 1 aliphatic carbocycles. The minimum absolute atomic E-state index is 0.00372. The Labute approximate surface area is 156 Å². The van der Waals surface area contributed by atoms with Crippen LogP contribution in [0.3, 0.4) is 0 Å².